The third-order valence-electron chi connectivity index (χ3n) is 5.56. The fourth-order valence-corrected chi connectivity index (χ4v) is 4.81. The molecule has 5 nitrogen and oxygen atoms in total. The van der Waals surface area contributed by atoms with E-state index in [0.717, 1.165) is 35.7 Å². The van der Waals surface area contributed by atoms with Crippen LogP contribution in [0.3, 0.4) is 0 Å². The maximum absolute atomic E-state index is 13.5. The summed E-state index contributed by atoms with van der Waals surface area (Å²) in [7, 11) is 0. The van der Waals surface area contributed by atoms with Crippen LogP contribution in [0.4, 0.5) is 11.4 Å². The van der Waals surface area contributed by atoms with Crippen LogP contribution >= 0.6 is 11.8 Å². The Labute approximate surface area is 192 Å². The van der Waals surface area contributed by atoms with Gasteiger partial charge in [0.1, 0.15) is 5.76 Å². The third kappa shape index (κ3) is 4.23. The number of hydrogen-bond donors (Lipinski definition) is 0. The monoisotopic (exact) mass is 446 g/mol. The van der Waals surface area contributed by atoms with Crippen molar-refractivity contribution in [1.82, 2.24) is 0 Å². The molecule has 0 saturated carbocycles. The van der Waals surface area contributed by atoms with Crippen molar-refractivity contribution in [2.45, 2.75) is 26.5 Å². The number of nitrogens with zero attached hydrogens (tertiary/aromatic N) is 2. The topological polar surface area (TPSA) is 53.8 Å². The van der Waals surface area contributed by atoms with E-state index in [0.29, 0.717) is 21.9 Å². The maximum atomic E-state index is 13.5. The second-order valence-corrected chi connectivity index (χ2v) is 8.56. The number of thioether (sulfide) groups is 1. The standard InChI is InChI=1S/C26H26N2O3S/c1-4-27(5-2)20-12-14-21(15-13-20)28-25(29)23(19-10-8-18(3)9-11-19)24(26(28)30)32-17-22-7-6-16-31-22/h6-16H,4-5,17H2,1-3H3. The Balaban J connectivity index is 1.68. The SMILES string of the molecule is CCN(CC)c1ccc(N2C(=O)C(SCc3ccco3)=C(c3ccc(C)cc3)C2=O)cc1. The Hall–Kier alpha value is -3.25. The number of carbonyl (C=O) groups is 2. The molecule has 3 aromatic rings. The van der Waals surface area contributed by atoms with E-state index >= 15 is 0 Å². The fraction of sp³-hybridized carbons (Fsp3) is 0.231. The molecule has 1 aliphatic rings. The first-order chi connectivity index (χ1) is 15.5. The number of amides is 2. The van der Waals surface area contributed by atoms with E-state index in [1.807, 2.05) is 67.6 Å². The lowest BCUT2D eigenvalue weighted by Crippen LogP contribution is -2.31. The fourth-order valence-electron chi connectivity index (χ4n) is 3.79. The quantitative estimate of drug-likeness (QED) is 0.419. The molecule has 4 rings (SSSR count). The molecule has 0 spiro atoms. The van der Waals surface area contributed by atoms with Gasteiger partial charge in [-0.25, -0.2) is 4.90 Å². The van der Waals surface area contributed by atoms with Gasteiger partial charge in [-0.05, 0) is 62.7 Å². The minimum Gasteiger partial charge on any atom is -0.468 e. The van der Waals surface area contributed by atoms with E-state index in [2.05, 4.69) is 18.7 Å². The lowest BCUT2D eigenvalue weighted by Gasteiger charge is -2.22. The third-order valence-corrected chi connectivity index (χ3v) is 6.65. The van der Waals surface area contributed by atoms with Gasteiger partial charge in [-0.3, -0.25) is 9.59 Å². The Morgan fingerprint density at radius 3 is 2.19 bits per heavy atom. The summed E-state index contributed by atoms with van der Waals surface area (Å²) in [5, 5.41) is 0. The van der Waals surface area contributed by atoms with Crippen molar-refractivity contribution in [1.29, 1.82) is 0 Å². The molecule has 1 aromatic heterocycles. The molecule has 0 bridgehead atoms. The average molecular weight is 447 g/mol. The summed E-state index contributed by atoms with van der Waals surface area (Å²) in [6.07, 6.45) is 1.61. The van der Waals surface area contributed by atoms with Crippen LogP contribution in [0.2, 0.25) is 0 Å². The second kappa shape index (κ2) is 9.49. The van der Waals surface area contributed by atoms with E-state index in [9.17, 15) is 9.59 Å². The van der Waals surface area contributed by atoms with Gasteiger partial charge in [-0.15, -0.1) is 11.8 Å². The van der Waals surface area contributed by atoms with Crippen LogP contribution in [0.5, 0.6) is 0 Å². The summed E-state index contributed by atoms with van der Waals surface area (Å²) >= 11 is 1.34. The van der Waals surface area contributed by atoms with Crippen LogP contribution in [0.25, 0.3) is 5.57 Å². The summed E-state index contributed by atoms with van der Waals surface area (Å²) in [6.45, 7) is 7.99. The number of anilines is 2. The van der Waals surface area contributed by atoms with E-state index in [1.165, 1.54) is 16.7 Å². The van der Waals surface area contributed by atoms with Crippen LogP contribution in [-0.4, -0.2) is 24.9 Å². The Bertz CT molecular complexity index is 1130. The predicted octanol–water partition coefficient (Wildman–Crippen LogP) is 5.65. The van der Waals surface area contributed by atoms with Gasteiger partial charge in [-0.2, -0.15) is 0 Å². The van der Waals surface area contributed by atoms with Crippen molar-refractivity contribution >= 4 is 40.5 Å². The van der Waals surface area contributed by atoms with Crippen molar-refractivity contribution in [3.8, 4) is 0 Å². The van der Waals surface area contributed by atoms with Crippen LogP contribution in [-0.2, 0) is 15.3 Å². The van der Waals surface area contributed by atoms with Gasteiger partial charge in [0.25, 0.3) is 11.8 Å². The van der Waals surface area contributed by atoms with Crippen molar-refractivity contribution in [2.75, 3.05) is 22.9 Å². The average Bonchev–Trinajstić information content (AvgIpc) is 3.40. The minimum absolute atomic E-state index is 0.294. The summed E-state index contributed by atoms with van der Waals surface area (Å²) in [5.74, 6) is 0.646. The highest BCUT2D eigenvalue weighted by Gasteiger charge is 2.40. The summed E-state index contributed by atoms with van der Waals surface area (Å²) < 4.78 is 5.42. The molecule has 0 unspecified atom stereocenters. The number of hydrogen-bond acceptors (Lipinski definition) is 5. The van der Waals surface area contributed by atoms with Crippen LogP contribution in [0.1, 0.15) is 30.7 Å². The number of imide groups is 1. The normalized spacial score (nSPS) is 13.9. The number of rotatable bonds is 8. The lowest BCUT2D eigenvalue weighted by atomic mass is 10.0. The highest BCUT2D eigenvalue weighted by Crippen LogP contribution is 2.40. The van der Waals surface area contributed by atoms with E-state index in [-0.39, 0.29) is 11.8 Å². The molecule has 1 aliphatic heterocycles. The number of carbonyl (C=O) groups excluding carboxylic acids is 2. The molecule has 0 atom stereocenters. The Kier molecular flexibility index (Phi) is 6.51. The first-order valence-electron chi connectivity index (χ1n) is 10.7. The van der Waals surface area contributed by atoms with Gasteiger partial charge in [-0.1, -0.05) is 29.8 Å². The first kappa shape index (κ1) is 22.0. The Morgan fingerprint density at radius 1 is 0.906 bits per heavy atom. The highest BCUT2D eigenvalue weighted by molar-refractivity contribution is 8.03. The second-order valence-electron chi connectivity index (χ2n) is 7.57. The van der Waals surface area contributed by atoms with Crippen LogP contribution in [0.15, 0.2) is 76.2 Å². The van der Waals surface area contributed by atoms with E-state index in [1.54, 1.807) is 6.26 Å². The predicted molar refractivity (Wildman–Crippen MR) is 131 cm³/mol. The van der Waals surface area contributed by atoms with E-state index < -0.39 is 0 Å². The number of benzene rings is 2. The molecule has 6 heteroatoms. The first-order valence-corrected chi connectivity index (χ1v) is 11.7. The molecule has 0 fully saturated rings. The van der Waals surface area contributed by atoms with Gasteiger partial charge in [0.2, 0.25) is 0 Å². The maximum Gasteiger partial charge on any atom is 0.272 e. The number of furan rings is 1. The van der Waals surface area contributed by atoms with Crippen LogP contribution < -0.4 is 9.80 Å². The minimum atomic E-state index is -0.295. The zero-order valence-corrected chi connectivity index (χ0v) is 19.3. The summed E-state index contributed by atoms with van der Waals surface area (Å²) in [5.41, 5.74) is 3.93. The molecule has 164 valence electrons. The Morgan fingerprint density at radius 2 is 1.59 bits per heavy atom. The molecular formula is C26H26N2O3S. The summed E-state index contributed by atoms with van der Waals surface area (Å²) in [6, 6.07) is 19.0. The van der Waals surface area contributed by atoms with Crippen molar-refractivity contribution < 1.29 is 14.0 Å². The molecule has 2 heterocycles. The van der Waals surface area contributed by atoms with Gasteiger partial charge >= 0.3 is 0 Å². The molecule has 0 radical (unpaired) electrons. The lowest BCUT2D eigenvalue weighted by molar-refractivity contribution is -0.119. The summed E-state index contributed by atoms with van der Waals surface area (Å²) in [4.78, 5) is 30.9. The molecule has 0 N–H and O–H groups in total. The zero-order valence-electron chi connectivity index (χ0n) is 18.5. The van der Waals surface area contributed by atoms with Gasteiger partial charge < -0.3 is 9.32 Å². The zero-order chi connectivity index (χ0) is 22.7. The van der Waals surface area contributed by atoms with E-state index in [4.69, 9.17) is 4.42 Å². The molecule has 0 aliphatic carbocycles. The van der Waals surface area contributed by atoms with Gasteiger partial charge in [0, 0.05) is 18.8 Å². The highest BCUT2D eigenvalue weighted by atomic mass is 32.2. The largest absolute Gasteiger partial charge is 0.468 e. The molecular weight excluding hydrogens is 420 g/mol. The smallest absolute Gasteiger partial charge is 0.272 e. The molecule has 2 amide bonds. The van der Waals surface area contributed by atoms with Gasteiger partial charge in [0.05, 0.1) is 28.2 Å². The molecule has 32 heavy (non-hydrogen) atoms. The van der Waals surface area contributed by atoms with Crippen molar-refractivity contribution in [2.24, 2.45) is 0 Å². The van der Waals surface area contributed by atoms with Gasteiger partial charge in [0.15, 0.2) is 0 Å². The number of aryl methyl sites for hydroxylation is 1. The molecule has 0 saturated heterocycles. The van der Waals surface area contributed by atoms with Crippen LogP contribution in [0, 0.1) is 6.92 Å². The van der Waals surface area contributed by atoms with Crippen molar-refractivity contribution in [3.63, 3.8) is 0 Å². The molecule has 2 aromatic carbocycles. The van der Waals surface area contributed by atoms with Crippen molar-refractivity contribution in [3.05, 3.63) is 88.7 Å².